The number of carboxylic acids is 1. The van der Waals surface area contributed by atoms with Crippen LogP contribution < -0.4 is 21.3 Å². The van der Waals surface area contributed by atoms with Crippen molar-refractivity contribution in [2.24, 2.45) is 0 Å². The Kier molecular flexibility index (Phi) is 31.8. The Morgan fingerprint density at radius 1 is 0.506 bits per heavy atom. The summed E-state index contributed by atoms with van der Waals surface area (Å²) in [5, 5.41) is 20.4. The van der Waals surface area contributed by atoms with Crippen molar-refractivity contribution in [2.45, 2.75) is 218 Å². The van der Waals surface area contributed by atoms with Gasteiger partial charge >= 0.3 is 24.0 Å². The number of nitrogens with one attached hydrogen (secondary N) is 4. The highest BCUT2D eigenvalue weighted by molar-refractivity contribution is 5.86. The number of fused-ring (bicyclic) bond motifs is 3. The molecule has 77 heavy (non-hydrogen) atoms. The molecule has 0 aromatic heterocycles. The number of unbranched alkanes of at least 4 members (excludes halogenated alkanes) is 16. The number of carbonyl (C=O) groups is 7. The highest BCUT2D eigenvalue weighted by Crippen LogP contribution is 2.44. The Bertz CT molecular complexity index is 2040. The first-order valence-electron chi connectivity index (χ1n) is 28.6. The van der Waals surface area contributed by atoms with E-state index in [2.05, 4.69) is 21.3 Å². The van der Waals surface area contributed by atoms with Gasteiger partial charge < -0.3 is 50.1 Å². The highest BCUT2D eigenvalue weighted by atomic mass is 16.6. The van der Waals surface area contributed by atoms with Crippen molar-refractivity contribution in [3.05, 3.63) is 59.7 Å². The number of carboxylic acid groups (broad SMARTS) is 1. The Balaban J connectivity index is 1.14. The van der Waals surface area contributed by atoms with Gasteiger partial charge in [-0.1, -0.05) is 138 Å². The molecule has 432 valence electrons. The van der Waals surface area contributed by atoms with Crippen LogP contribution in [0.2, 0.25) is 0 Å². The molecule has 1 aliphatic carbocycles. The third kappa shape index (κ3) is 30.3. The van der Waals surface area contributed by atoms with Crippen LogP contribution in [0, 0.1) is 0 Å². The van der Waals surface area contributed by atoms with Crippen LogP contribution in [0.1, 0.15) is 206 Å². The molecule has 5 N–H and O–H groups in total. The van der Waals surface area contributed by atoms with Gasteiger partial charge in [-0.3, -0.25) is 19.2 Å². The second kappa shape index (κ2) is 37.3. The van der Waals surface area contributed by atoms with Gasteiger partial charge in [0.1, 0.15) is 36.5 Å². The average molecular weight is 1080 g/mol. The predicted octanol–water partition coefficient (Wildman–Crippen LogP) is 10.4. The number of amides is 4. The molecule has 17 nitrogen and oxygen atoms in total. The summed E-state index contributed by atoms with van der Waals surface area (Å²) >= 11 is 0. The summed E-state index contributed by atoms with van der Waals surface area (Å²) in [6.45, 7) is 11.9. The van der Waals surface area contributed by atoms with E-state index in [1.54, 1.807) is 20.8 Å². The molecule has 0 aliphatic heterocycles. The first-order valence-corrected chi connectivity index (χ1v) is 28.6. The van der Waals surface area contributed by atoms with Gasteiger partial charge in [-0.05, 0) is 102 Å². The summed E-state index contributed by atoms with van der Waals surface area (Å²) in [5.74, 6) is -2.87. The number of hydrogen-bond donors (Lipinski definition) is 5. The monoisotopic (exact) mass is 1080 g/mol. The van der Waals surface area contributed by atoms with Gasteiger partial charge in [-0.25, -0.2) is 14.4 Å². The van der Waals surface area contributed by atoms with Crippen molar-refractivity contribution in [1.82, 2.24) is 21.3 Å². The molecule has 3 rings (SSSR count). The second-order valence-corrected chi connectivity index (χ2v) is 22.2. The number of esters is 2. The van der Waals surface area contributed by atoms with Gasteiger partial charge in [-0.2, -0.15) is 0 Å². The normalized spacial score (nSPS) is 12.9. The molecule has 1 aliphatic rings. The van der Waals surface area contributed by atoms with Gasteiger partial charge in [-0.15, -0.1) is 0 Å². The maximum absolute atomic E-state index is 13.0. The number of alkyl carbamates (subject to hydrolysis) is 1. The zero-order valence-corrected chi connectivity index (χ0v) is 47.4. The first-order chi connectivity index (χ1) is 36.8. The van der Waals surface area contributed by atoms with Crippen molar-refractivity contribution in [2.75, 3.05) is 46.1 Å². The van der Waals surface area contributed by atoms with E-state index in [4.69, 9.17) is 23.7 Å². The summed E-state index contributed by atoms with van der Waals surface area (Å²) in [7, 11) is 0. The summed E-state index contributed by atoms with van der Waals surface area (Å²) < 4.78 is 27.3. The number of carbonyl (C=O) groups excluding carboxylic acids is 6. The largest absolute Gasteiger partial charge is 0.480 e. The molecule has 0 fully saturated rings. The lowest BCUT2D eigenvalue weighted by Gasteiger charge is -2.24. The minimum atomic E-state index is -1.17. The Hall–Kier alpha value is -5.55. The summed E-state index contributed by atoms with van der Waals surface area (Å²) in [6, 6.07) is 13.8. The standard InChI is InChI=1S/C60H94N4O13/c1-59(2,3)76-55(68)35-22-20-18-16-14-12-10-8-7-9-11-13-15-17-19-21-34-53(66)63-51(57(71)77-60(4,5)6)36-37-52(65)62-39-40-73-41-42-74-44-54(67)61-38-28-27-33-50(56(69)70)64-58(72)75-43-49-47-31-25-23-29-45(47)46-30-24-26-32-48(46)49/h23-26,29-32,49-51H,7-22,27-28,33-44H2,1-6H3,(H,61,67)(H,62,65)(H,63,66)(H,64,72)(H,69,70)/t50-,51-/m0/s1. The van der Waals surface area contributed by atoms with Crippen LogP contribution in [0.25, 0.3) is 11.1 Å². The molecule has 0 bridgehead atoms. The number of benzene rings is 2. The van der Waals surface area contributed by atoms with Crippen molar-refractivity contribution < 1.29 is 62.4 Å². The molecule has 4 amide bonds. The fourth-order valence-corrected chi connectivity index (χ4v) is 9.11. The molecule has 2 aromatic carbocycles. The lowest BCUT2D eigenvalue weighted by Crippen LogP contribution is -2.44. The van der Waals surface area contributed by atoms with Gasteiger partial charge in [0.2, 0.25) is 17.7 Å². The zero-order chi connectivity index (χ0) is 56.3. The number of hydrogen-bond acceptors (Lipinski definition) is 12. The summed E-state index contributed by atoms with van der Waals surface area (Å²) in [4.78, 5) is 87.1. The first kappa shape index (κ1) is 65.7. The average Bonchev–Trinajstić information content (AvgIpc) is 3.69. The van der Waals surface area contributed by atoms with E-state index in [9.17, 15) is 38.7 Å². The third-order valence-corrected chi connectivity index (χ3v) is 13.0. The molecule has 2 aromatic rings. The van der Waals surface area contributed by atoms with Crippen LogP contribution in [-0.2, 0) is 52.5 Å². The maximum Gasteiger partial charge on any atom is 0.407 e. The van der Waals surface area contributed by atoms with Crippen LogP contribution in [0.15, 0.2) is 48.5 Å². The van der Waals surface area contributed by atoms with E-state index < -0.39 is 41.3 Å². The third-order valence-electron chi connectivity index (χ3n) is 13.0. The molecule has 2 atom stereocenters. The van der Waals surface area contributed by atoms with E-state index in [1.165, 1.54) is 64.2 Å². The number of ether oxygens (including phenoxy) is 5. The SMILES string of the molecule is CC(C)(C)OC(=O)CCCCCCCCCCCCCCCCCCC(=O)N[C@@H](CCC(=O)NCCOCCOCC(=O)NCCCC[C@H](NC(=O)OCC1c2ccccc2-c2ccccc21)C(=O)O)C(=O)OC(C)(C)C. The minimum absolute atomic E-state index is 0.000644. The Morgan fingerprint density at radius 2 is 1.01 bits per heavy atom. The number of rotatable bonds is 41. The molecule has 17 heteroatoms. The molecular formula is C60H94N4O13. The van der Waals surface area contributed by atoms with Gasteiger partial charge in [0, 0.05) is 38.3 Å². The molecule has 0 radical (unpaired) electrons. The van der Waals surface area contributed by atoms with Crippen molar-refractivity contribution in [3.8, 4) is 11.1 Å². The Labute approximate surface area is 459 Å². The summed E-state index contributed by atoms with van der Waals surface area (Å²) in [5.41, 5.74) is 3.14. The highest BCUT2D eigenvalue weighted by Gasteiger charge is 2.30. The van der Waals surface area contributed by atoms with Crippen LogP contribution in [-0.4, -0.2) is 116 Å². The fourth-order valence-electron chi connectivity index (χ4n) is 9.11. The predicted molar refractivity (Wildman–Crippen MR) is 297 cm³/mol. The summed E-state index contributed by atoms with van der Waals surface area (Å²) in [6.07, 6.45) is 19.5. The van der Waals surface area contributed by atoms with Crippen molar-refractivity contribution >= 4 is 41.7 Å². The molecule has 0 saturated heterocycles. The van der Waals surface area contributed by atoms with E-state index in [-0.39, 0.29) is 88.5 Å². The Morgan fingerprint density at radius 3 is 1.56 bits per heavy atom. The number of aliphatic carboxylic acids is 1. The minimum Gasteiger partial charge on any atom is -0.480 e. The topological polar surface area (TPSA) is 234 Å². The molecule has 0 spiro atoms. The second-order valence-electron chi connectivity index (χ2n) is 22.2. The van der Waals surface area contributed by atoms with Crippen molar-refractivity contribution in [3.63, 3.8) is 0 Å². The van der Waals surface area contributed by atoms with Gasteiger partial charge in [0.05, 0.1) is 19.8 Å². The van der Waals surface area contributed by atoms with Crippen LogP contribution in [0.3, 0.4) is 0 Å². The lowest BCUT2D eigenvalue weighted by atomic mass is 9.98. The van der Waals surface area contributed by atoms with Crippen LogP contribution in [0.5, 0.6) is 0 Å². The molecule has 0 saturated carbocycles. The molecule has 0 heterocycles. The van der Waals surface area contributed by atoms with Crippen LogP contribution >= 0.6 is 0 Å². The van der Waals surface area contributed by atoms with Crippen LogP contribution in [0.4, 0.5) is 4.79 Å². The fraction of sp³-hybridized carbons (Fsp3) is 0.683. The van der Waals surface area contributed by atoms with Gasteiger partial charge in [0.25, 0.3) is 0 Å². The smallest absolute Gasteiger partial charge is 0.407 e. The van der Waals surface area contributed by atoms with E-state index in [1.807, 2.05) is 69.3 Å². The van der Waals surface area contributed by atoms with E-state index >= 15 is 0 Å². The molecule has 0 unspecified atom stereocenters. The maximum atomic E-state index is 13.0. The zero-order valence-electron chi connectivity index (χ0n) is 47.4. The van der Waals surface area contributed by atoms with Gasteiger partial charge in [0.15, 0.2) is 0 Å². The lowest BCUT2D eigenvalue weighted by molar-refractivity contribution is -0.159. The van der Waals surface area contributed by atoms with Crippen molar-refractivity contribution in [1.29, 1.82) is 0 Å². The van der Waals surface area contributed by atoms with E-state index in [0.29, 0.717) is 32.2 Å². The molecular weight excluding hydrogens is 985 g/mol. The van der Waals surface area contributed by atoms with E-state index in [0.717, 1.165) is 60.8 Å². The quantitative estimate of drug-likeness (QED) is 0.0237.